The second kappa shape index (κ2) is 10.7. The number of aryl methyl sites for hydroxylation is 1. The first-order valence-corrected chi connectivity index (χ1v) is 12.0. The molecule has 5 rings (SSSR count). The minimum absolute atomic E-state index is 0.290. The summed E-state index contributed by atoms with van der Waals surface area (Å²) in [7, 11) is 0. The highest BCUT2D eigenvalue weighted by Crippen LogP contribution is 2.31. The Bertz CT molecular complexity index is 1370. The minimum Gasteiger partial charge on any atom is -0.437 e. The number of ether oxygens (including phenoxy) is 2. The maximum absolute atomic E-state index is 11.6. The lowest BCUT2D eigenvalue weighted by Crippen LogP contribution is -2.37. The van der Waals surface area contributed by atoms with Crippen LogP contribution in [0.2, 0.25) is 0 Å². The van der Waals surface area contributed by atoms with Crippen molar-refractivity contribution in [2.24, 2.45) is 0 Å². The number of carbonyl (C=O) groups excluding carboxylic acids is 1. The molecule has 1 aliphatic heterocycles. The summed E-state index contributed by atoms with van der Waals surface area (Å²) in [5, 5.41) is 7.35. The van der Waals surface area contributed by atoms with Gasteiger partial charge in [0.1, 0.15) is 11.3 Å². The first-order chi connectivity index (χ1) is 17.6. The van der Waals surface area contributed by atoms with Gasteiger partial charge in [-0.25, -0.2) is 9.97 Å². The van der Waals surface area contributed by atoms with Crippen LogP contribution in [0.4, 0.5) is 5.69 Å². The Morgan fingerprint density at radius 1 is 1.25 bits per heavy atom. The predicted octanol–water partition coefficient (Wildman–Crippen LogP) is 3.77. The third kappa shape index (κ3) is 5.29. The molecule has 0 saturated carbocycles. The Labute approximate surface area is 209 Å². The standard InChI is InChI=1S/C26H29N7O3/c1-3-23(34)30-19-6-4-7-20(14-19)36-24-17-28-26-25(31-24)22(15-27-26)21-16-29-33(18(21)2)9-5-8-32-10-12-35-13-11-32/h3-4,6-7,14-17H,1,5,8-13H2,2H3,(H,27,28)(H,30,34). The molecule has 1 aromatic carbocycles. The number of morpholine rings is 1. The average molecular weight is 488 g/mol. The van der Waals surface area contributed by atoms with E-state index in [4.69, 9.17) is 14.5 Å². The van der Waals surface area contributed by atoms with Gasteiger partial charge in [0.05, 0.1) is 25.6 Å². The Balaban J connectivity index is 1.31. The lowest BCUT2D eigenvalue weighted by Gasteiger charge is -2.26. The van der Waals surface area contributed by atoms with Crippen LogP contribution in [-0.2, 0) is 16.1 Å². The zero-order chi connectivity index (χ0) is 24.9. The number of hydrogen-bond donors (Lipinski definition) is 2. The fourth-order valence-electron chi connectivity index (χ4n) is 4.29. The molecule has 4 heterocycles. The molecule has 4 aromatic rings. The van der Waals surface area contributed by atoms with E-state index in [0.717, 1.165) is 62.6 Å². The summed E-state index contributed by atoms with van der Waals surface area (Å²) in [6.07, 6.45) is 7.60. The van der Waals surface area contributed by atoms with Crippen molar-refractivity contribution in [2.45, 2.75) is 19.9 Å². The highest BCUT2D eigenvalue weighted by molar-refractivity contribution is 5.99. The van der Waals surface area contributed by atoms with Gasteiger partial charge in [0.15, 0.2) is 5.65 Å². The van der Waals surface area contributed by atoms with Crippen molar-refractivity contribution in [3.63, 3.8) is 0 Å². The van der Waals surface area contributed by atoms with Gasteiger partial charge in [-0.1, -0.05) is 12.6 Å². The molecule has 1 aliphatic rings. The molecule has 0 aliphatic carbocycles. The van der Waals surface area contributed by atoms with Crippen LogP contribution in [0.25, 0.3) is 22.3 Å². The monoisotopic (exact) mass is 487 g/mol. The zero-order valence-corrected chi connectivity index (χ0v) is 20.2. The largest absolute Gasteiger partial charge is 0.437 e. The first-order valence-electron chi connectivity index (χ1n) is 12.0. The second-order valence-corrected chi connectivity index (χ2v) is 8.61. The van der Waals surface area contributed by atoms with Crippen LogP contribution in [0.5, 0.6) is 11.6 Å². The van der Waals surface area contributed by atoms with Crippen molar-refractivity contribution in [2.75, 3.05) is 38.2 Å². The molecule has 10 heteroatoms. The summed E-state index contributed by atoms with van der Waals surface area (Å²) in [5.41, 5.74) is 4.99. The van der Waals surface area contributed by atoms with Crippen LogP contribution in [0, 0.1) is 6.92 Å². The van der Waals surface area contributed by atoms with Crippen LogP contribution < -0.4 is 10.1 Å². The smallest absolute Gasteiger partial charge is 0.247 e. The number of rotatable bonds is 9. The van der Waals surface area contributed by atoms with Crippen molar-refractivity contribution >= 4 is 22.8 Å². The molecule has 0 spiro atoms. The van der Waals surface area contributed by atoms with E-state index < -0.39 is 0 Å². The van der Waals surface area contributed by atoms with E-state index in [1.54, 1.807) is 30.5 Å². The van der Waals surface area contributed by atoms with Crippen molar-refractivity contribution < 1.29 is 14.3 Å². The van der Waals surface area contributed by atoms with E-state index in [-0.39, 0.29) is 5.91 Å². The number of nitrogens with one attached hydrogen (secondary N) is 2. The van der Waals surface area contributed by atoms with Crippen LogP contribution >= 0.6 is 0 Å². The summed E-state index contributed by atoms with van der Waals surface area (Å²) in [6, 6.07) is 7.07. The zero-order valence-electron chi connectivity index (χ0n) is 20.2. The number of hydrogen-bond acceptors (Lipinski definition) is 7. The van der Waals surface area contributed by atoms with Crippen LogP contribution in [0.15, 0.2) is 55.5 Å². The highest BCUT2D eigenvalue weighted by Gasteiger charge is 2.16. The van der Waals surface area contributed by atoms with E-state index in [2.05, 4.69) is 38.8 Å². The van der Waals surface area contributed by atoms with Gasteiger partial charge in [-0.3, -0.25) is 14.4 Å². The number of fused-ring (bicyclic) bond motifs is 1. The normalized spacial score (nSPS) is 14.1. The minimum atomic E-state index is -0.290. The third-order valence-electron chi connectivity index (χ3n) is 6.21. The van der Waals surface area contributed by atoms with Crippen LogP contribution in [0.3, 0.4) is 0 Å². The maximum atomic E-state index is 11.6. The molecule has 0 atom stereocenters. The second-order valence-electron chi connectivity index (χ2n) is 8.61. The highest BCUT2D eigenvalue weighted by atomic mass is 16.5. The summed E-state index contributed by atoms with van der Waals surface area (Å²) < 4.78 is 13.4. The molecule has 3 aromatic heterocycles. The predicted molar refractivity (Wildman–Crippen MR) is 137 cm³/mol. The molecule has 1 amide bonds. The molecule has 2 N–H and O–H groups in total. The fourth-order valence-corrected chi connectivity index (χ4v) is 4.29. The Hall–Kier alpha value is -4.02. The topological polar surface area (TPSA) is 110 Å². The molecule has 36 heavy (non-hydrogen) atoms. The Morgan fingerprint density at radius 3 is 2.94 bits per heavy atom. The molecule has 1 fully saturated rings. The van der Waals surface area contributed by atoms with Crippen molar-refractivity contribution in [1.29, 1.82) is 0 Å². The van der Waals surface area contributed by atoms with Crippen molar-refractivity contribution in [3.05, 3.63) is 61.2 Å². The van der Waals surface area contributed by atoms with Gasteiger partial charge < -0.3 is 19.8 Å². The molecule has 0 radical (unpaired) electrons. The average Bonchev–Trinajstić information content (AvgIpc) is 3.47. The molecule has 186 valence electrons. The summed E-state index contributed by atoms with van der Waals surface area (Å²) in [4.78, 5) is 26.4. The van der Waals surface area contributed by atoms with Crippen LogP contribution in [0.1, 0.15) is 12.1 Å². The first kappa shape index (κ1) is 23.7. The number of anilines is 1. The van der Waals surface area contributed by atoms with Gasteiger partial charge in [0.25, 0.3) is 0 Å². The van der Waals surface area contributed by atoms with E-state index in [0.29, 0.717) is 28.5 Å². The van der Waals surface area contributed by atoms with Crippen LogP contribution in [-0.4, -0.2) is 68.4 Å². The van der Waals surface area contributed by atoms with Crippen molar-refractivity contribution in [3.8, 4) is 22.8 Å². The molecular formula is C26H29N7O3. The molecule has 1 saturated heterocycles. The van der Waals surface area contributed by atoms with Gasteiger partial charge in [0.2, 0.25) is 11.8 Å². The SMILES string of the molecule is C=CC(=O)Nc1cccc(Oc2cnc3[nH]cc(-c4cnn(CCCN5CCOCC5)c4C)c3n2)c1. The quantitative estimate of drug-likeness (QED) is 0.346. The summed E-state index contributed by atoms with van der Waals surface area (Å²) >= 11 is 0. The number of H-pyrrole nitrogens is 1. The van der Waals surface area contributed by atoms with Crippen molar-refractivity contribution in [1.82, 2.24) is 29.6 Å². The van der Waals surface area contributed by atoms with Gasteiger partial charge in [-0.2, -0.15) is 5.10 Å². The number of aromatic nitrogens is 5. The molecule has 10 nitrogen and oxygen atoms in total. The van der Waals surface area contributed by atoms with Gasteiger partial charge in [0, 0.05) is 61.0 Å². The number of nitrogens with zero attached hydrogens (tertiary/aromatic N) is 5. The number of amides is 1. The summed E-state index contributed by atoms with van der Waals surface area (Å²) in [5.74, 6) is 0.598. The lowest BCUT2D eigenvalue weighted by molar-refractivity contribution is -0.111. The van der Waals surface area contributed by atoms with E-state index in [9.17, 15) is 4.79 Å². The van der Waals surface area contributed by atoms with E-state index >= 15 is 0 Å². The van der Waals surface area contributed by atoms with Gasteiger partial charge in [-0.05, 0) is 31.6 Å². The molecule has 0 unspecified atom stereocenters. The number of carbonyl (C=O) groups is 1. The Morgan fingerprint density at radius 2 is 2.11 bits per heavy atom. The number of aromatic amines is 1. The lowest BCUT2D eigenvalue weighted by atomic mass is 10.1. The molecular weight excluding hydrogens is 458 g/mol. The third-order valence-corrected chi connectivity index (χ3v) is 6.21. The van der Waals surface area contributed by atoms with Gasteiger partial charge in [-0.15, -0.1) is 0 Å². The number of benzene rings is 1. The Kier molecular flexibility index (Phi) is 7.06. The summed E-state index contributed by atoms with van der Waals surface area (Å²) in [6.45, 7) is 11.1. The maximum Gasteiger partial charge on any atom is 0.247 e. The fraction of sp³-hybridized carbons (Fsp3) is 0.308. The van der Waals surface area contributed by atoms with E-state index in [1.165, 1.54) is 6.08 Å². The van der Waals surface area contributed by atoms with E-state index in [1.807, 2.05) is 17.1 Å². The van der Waals surface area contributed by atoms with Gasteiger partial charge >= 0.3 is 0 Å². The molecule has 0 bridgehead atoms.